The molecule has 0 spiro atoms. The monoisotopic (exact) mass is 291 g/mol. The first-order valence-electron chi connectivity index (χ1n) is 6.91. The molecule has 1 aromatic heterocycles. The second-order valence-corrected chi connectivity index (χ2v) is 5.56. The molecule has 0 saturated carbocycles. The minimum Gasteiger partial charge on any atom is -0.357 e. The standard InChI is InChI=1S/C15H21N3OS/c1-12-13(15(19)16-8-5-11-20-2)6-7-14(17-12)18-9-3-4-10-18/h5-7,11H,3-4,8-10H2,1-2H3,(H,16,19)/b11-5+. The van der Waals surface area contributed by atoms with Crippen molar-refractivity contribution >= 4 is 23.5 Å². The lowest BCUT2D eigenvalue weighted by atomic mass is 10.2. The summed E-state index contributed by atoms with van der Waals surface area (Å²) in [7, 11) is 0. The number of nitrogens with zero attached hydrogens (tertiary/aromatic N) is 2. The highest BCUT2D eigenvalue weighted by Gasteiger charge is 2.16. The van der Waals surface area contributed by atoms with Crippen LogP contribution in [-0.2, 0) is 0 Å². The molecule has 0 atom stereocenters. The Morgan fingerprint density at radius 2 is 2.20 bits per heavy atom. The lowest BCUT2D eigenvalue weighted by Crippen LogP contribution is -2.25. The van der Waals surface area contributed by atoms with E-state index in [0.29, 0.717) is 12.1 Å². The van der Waals surface area contributed by atoms with Crippen molar-refractivity contribution in [2.45, 2.75) is 19.8 Å². The summed E-state index contributed by atoms with van der Waals surface area (Å²) in [4.78, 5) is 18.9. The lowest BCUT2D eigenvalue weighted by molar-refractivity contribution is 0.0957. The number of hydrogen-bond donors (Lipinski definition) is 1. The number of carbonyl (C=O) groups excluding carboxylic acids is 1. The number of rotatable bonds is 5. The Morgan fingerprint density at radius 3 is 2.85 bits per heavy atom. The third-order valence-electron chi connectivity index (χ3n) is 3.36. The number of carbonyl (C=O) groups is 1. The van der Waals surface area contributed by atoms with Crippen LogP contribution < -0.4 is 10.2 Å². The molecule has 1 aromatic rings. The second kappa shape index (κ2) is 7.33. The van der Waals surface area contributed by atoms with Gasteiger partial charge >= 0.3 is 0 Å². The van der Waals surface area contributed by atoms with Gasteiger partial charge in [0.25, 0.3) is 5.91 Å². The normalized spacial score (nSPS) is 15.0. The molecule has 108 valence electrons. The number of aryl methyl sites for hydroxylation is 1. The third-order valence-corrected chi connectivity index (χ3v) is 3.82. The molecule has 5 heteroatoms. The lowest BCUT2D eigenvalue weighted by Gasteiger charge is -2.17. The predicted octanol–water partition coefficient (Wildman–Crippen LogP) is 2.60. The van der Waals surface area contributed by atoms with Crippen LogP contribution in [0.5, 0.6) is 0 Å². The molecule has 1 aliphatic heterocycles. The van der Waals surface area contributed by atoms with Gasteiger partial charge in [0.1, 0.15) is 5.82 Å². The van der Waals surface area contributed by atoms with Gasteiger partial charge in [-0.25, -0.2) is 4.98 Å². The van der Waals surface area contributed by atoms with Crippen molar-refractivity contribution in [3.63, 3.8) is 0 Å². The van der Waals surface area contributed by atoms with Crippen molar-refractivity contribution in [1.82, 2.24) is 10.3 Å². The van der Waals surface area contributed by atoms with E-state index in [1.807, 2.05) is 36.8 Å². The number of nitrogens with one attached hydrogen (secondary N) is 1. The summed E-state index contributed by atoms with van der Waals surface area (Å²) in [5.74, 6) is 0.924. The van der Waals surface area contributed by atoms with Gasteiger partial charge in [-0.15, -0.1) is 11.8 Å². The Hall–Kier alpha value is -1.49. The van der Waals surface area contributed by atoms with Crippen LogP contribution in [0.3, 0.4) is 0 Å². The number of thioether (sulfide) groups is 1. The molecule has 1 fully saturated rings. The van der Waals surface area contributed by atoms with Gasteiger partial charge in [-0.05, 0) is 43.6 Å². The number of aromatic nitrogens is 1. The maximum Gasteiger partial charge on any atom is 0.253 e. The predicted molar refractivity (Wildman–Crippen MR) is 85.4 cm³/mol. The van der Waals surface area contributed by atoms with Gasteiger partial charge in [0, 0.05) is 19.6 Å². The minimum atomic E-state index is -0.0614. The highest BCUT2D eigenvalue weighted by molar-refractivity contribution is 8.01. The Morgan fingerprint density at radius 1 is 1.45 bits per heavy atom. The summed E-state index contributed by atoms with van der Waals surface area (Å²) < 4.78 is 0. The maximum absolute atomic E-state index is 12.1. The first-order chi connectivity index (χ1) is 9.72. The zero-order valence-electron chi connectivity index (χ0n) is 12.1. The Bertz CT molecular complexity index is 496. The average molecular weight is 291 g/mol. The summed E-state index contributed by atoms with van der Waals surface area (Å²) >= 11 is 1.62. The van der Waals surface area contributed by atoms with Crippen molar-refractivity contribution in [3.8, 4) is 0 Å². The molecule has 2 heterocycles. The van der Waals surface area contributed by atoms with Crippen molar-refractivity contribution in [2.24, 2.45) is 0 Å². The van der Waals surface area contributed by atoms with E-state index in [0.717, 1.165) is 24.6 Å². The van der Waals surface area contributed by atoms with E-state index < -0.39 is 0 Å². The van der Waals surface area contributed by atoms with E-state index in [9.17, 15) is 4.79 Å². The van der Waals surface area contributed by atoms with E-state index in [4.69, 9.17) is 0 Å². The summed E-state index contributed by atoms with van der Waals surface area (Å²) in [6, 6.07) is 3.83. The number of pyridine rings is 1. The summed E-state index contributed by atoms with van der Waals surface area (Å²) in [6.07, 6.45) is 6.38. The molecule has 0 aliphatic carbocycles. The van der Waals surface area contributed by atoms with E-state index in [1.165, 1.54) is 12.8 Å². The fraction of sp³-hybridized carbons (Fsp3) is 0.467. The molecule has 2 rings (SSSR count). The molecular weight excluding hydrogens is 270 g/mol. The van der Waals surface area contributed by atoms with E-state index in [-0.39, 0.29) is 5.91 Å². The summed E-state index contributed by atoms with van der Waals surface area (Å²) in [5, 5.41) is 4.83. The van der Waals surface area contributed by atoms with Crippen molar-refractivity contribution in [3.05, 3.63) is 34.9 Å². The van der Waals surface area contributed by atoms with E-state index in [2.05, 4.69) is 15.2 Å². The Kier molecular flexibility index (Phi) is 5.47. The highest BCUT2D eigenvalue weighted by atomic mass is 32.2. The van der Waals surface area contributed by atoms with Crippen LogP contribution >= 0.6 is 11.8 Å². The van der Waals surface area contributed by atoms with Crippen LogP contribution in [0.2, 0.25) is 0 Å². The molecule has 1 amide bonds. The van der Waals surface area contributed by atoms with Gasteiger partial charge < -0.3 is 10.2 Å². The number of hydrogen-bond acceptors (Lipinski definition) is 4. The molecular formula is C15H21N3OS. The Balaban J connectivity index is 2.01. The molecule has 0 aromatic carbocycles. The van der Waals surface area contributed by atoms with Crippen molar-refractivity contribution in [1.29, 1.82) is 0 Å². The van der Waals surface area contributed by atoms with E-state index >= 15 is 0 Å². The molecule has 0 unspecified atom stereocenters. The molecule has 20 heavy (non-hydrogen) atoms. The molecule has 0 radical (unpaired) electrons. The molecule has 4 nitrogen and oxygen atoms in total. The summed E-state index contributed by atoms with van der Waals surface area (Å²) in [5.41, 5.74) is 1.45. The van der Waals surface area contributed by atoms with Gasteiger partial charge in [-0.3, -0.25) is 4.79 Å². The molecule has 0 bridgehead atoms. The fourth-order valence-corrected chi connectivity index (χ4v) is 2.59. The first kappa shape index (κ1) is 14.9. The first-order valence-corrected chi connectivity index (χ1v) is 8.20. The third kappa shape index (κ3) is 3.76. The fourth-order valence-electron chi connectivity index (χ4n) is 2.30. The maximum atomic E-state index is 12.1. The van der Waals surface area contributed by atoms with Crippen LogP contribution in [0.1, 0.15) is 28.9 Å². The van der Waals surface area contributed by atoms with Gasteiger partial charge in [-0.2, -0.15) is 0 Å². The van der Waals surface area contributed by atoms with Gasteiger partial charge in [-0.1, -0.05) is 6.08 Å². The quantitative estimate of drug-likeness (QED) is 0.906. The Labute approximate surface area is 124 Å². The van der Waals surface area contributed by atoms with E-state index in [1.54, 1.807) is 11.8 Å². The van der Waals surface area contributed by atoms with Crippen LogP contribution in [-0.4, -0.2) is 36.8 Å². The van der Waals surface area contributed by atoms with Gasteiger partial charge in [0.15, 0.2) is 0 Å². The van der Waals surface area contributed by atoms with Crippen LogP contribution in [0, 0.1) is 6.92 Å². The van der Waals surface area contributed by atoms with Gasteiger partial charge in [0.05, 0.1) is 11.3 Å². The average Bonchev–Trinajstić information content (AvgIpc) is 2.97. The SMILES string of the molecule is CS/C=C/CNC(=O)c1ccc(N2CCCC2)nc1C. The largest absolute Gasteiger partial charge is 0.357 e. The molecule has 1 aliphatic rings. The smallest absolute Gasteiger partial charge is 0.253 e. The van der Waals surface area contributed by atoms with Crippen LogP contribution in [0.25, 0.3) is 0 Å². The van der Waals surface area contributed by atoms with Crippen LogP contribution in [0.4, 0.5) is 5.82 Å². The molecule has 1 N–H and O–H groups in total. The summed E-state index contributed by atoms with van der Waals surface area (Å²) in [6.45, 7) is 4.58. The molecule has 1 saturated heterocycles. The van der Waals surface area contributed by atoms with Gasteiger partial charge in [0.2, 0.25) is 0 Å². The number of amides is 1. The highest BCUT2D eigenvalue weighted by Crippen LogP contribution is 2.19. The minimum absolute atomic E-state index is 0.0614. The zero-order chi connectivity index (χ0) is 14.4. The van der Waals surface area contributed by atoms with Crippen molar-refractivity contribution in [2.75, 3.05) is 30.8 Å². The second-order valence-electron chi connectivity index (χ2n) is 4.81. The zero-order valence-corrected chi connectivity index (χ0v) is 12.9. The topological polar surface area (TPSA) is 45.2 Å². The number of anilines is 1. The van der Waals surface area contributed by atoms with Crippen molar-refractivity contribution < 1.29 is 4.79 Å². The van der Waals surface area contributed by atoms with Crippen LogP contribution in [0.15, 0.2) is 23.6 Å².